The normalized spacial score (nSPS) is 21.4. The van der Waals surface area contributed by atoms with E-state index in [0.717, 1.165) is 44.6 Å². The van der Waals surface area contributed by atoms with Gasteiger partial charge in [0.25, 0.3) is 0 Å². The Morgan fingerprint density at radius 2 is 1.88 bits per heavy atom. The molecule has 8 heteroatoms. The molecule has 0 radical (unpaired) electrons. The van der Waals surface area contributed by atoms with E-state index in [9.17, 15) is 13.2 Å². The molecule has 2 aliphatic heterocycles. The molecular weight excluding hydrogens is 349 g/mol. The van der Waals surface area contributed by atoms with Crippen molar-refractivity contribution < 1.29 is 27.4 Å². The highest BCUT2D eigenvalue weighted by Crippen LogP contribution is 2.41. The number of hydrogen-bond acceptors (Lipinski definition) is 5. The Bertz CT molecular complexity index is 568. The van der Waals surface area contributed by atoms with Gasteiger partial charge < -0.3 is 19.5 Å². The molecule has 0 spiro atoms. The number of halogens is 3. The first-order chi connectivity index (χ1) is 12.5. The summed E-state index contributed by atoms with van der Waals surface area (Å²) in [5, 5.41) is 3.32. The summed E-state index contributed by atoms with van der Waals surface area (Å²) in [6.45, 7) is 4.76. The summed E-state index contributed by atoms with van der Waals surface area (Å²) >= 11 is 0. The summed E-state index contributed by atoms with van der Waals surface area (Å²) in [5.41, 5.74) is 0.753. The van der Waals surface area contributed by atoms with E-state index in [1.54, 1.807) is 13.2 Å². The second-order valence-corrected chi connectivity index (χ2v) is 6.63. The number of benzene rings is 1. The average molecular weight is 374 g/mol. The maximum atomic E-state index is 12.7. The van der Waals surface area contributed by atoms with Crippen LogP contribution < -0.4 is 14.8 Å². The van der Waals surface area contributed by atoms with Gasteiger partial charge in [-0.1, -0.05) is 0 Å². The summed E-state index contributed by atoms with van der Waals surface area (Å²) in [4.78, 5) is 2.34. The van der Waals surface area contributed by atoms with Gasteiger partial charge in [0.15, 0.2) is 0 Å². The second-order valence-electron chi connectivity index (χ2n) is 6.63. The highest BCUT2D eigenvalue weighted by molar-refractivity contribution is 5.43. The van der Waals surface area contributed by atoms with Crippen molar-refractivity contribution in [3.8, 4) is 11.5 Å². The van der Waals surface area contributed by atoms with Gasteiger partial charge in [0.2, 0.25) is 0 Å². The molecular formula is C18H25F3N2O3. The molecule has 0 amide bonds. The van der Waals surface area contributed by atoms with Crippen LogP contribution in [0.25, 0.3) is 0 Å². The summed E-state index contributed by atoms with van der Waals surface area (Å²) in [5.74, 6) is 0.687. The Kier molecular flexibility index (Phi) is 6.26. The third-order valence-electron chi connectivity index (χ3n) is 5.01. The van der Waals surface area contributed by atoms with Gasteiger partial charge in [0, 0.05) is 51.0 Å². The lowest BCUT2D eigenvalue weighted by Crippen LogP contribution is -2.47. The molecule has 0 unspecified atom stereocenters. The Labute approximate surface area is 151 Å². The van der Waals surface area contributed by atoms with E-state index in [-0.39, 0.29) is 11.8 Å². The Hall–Kier alpha value is -1.51. The molecule has 1 atom stereocenters. The number of nitrogens with one attached hydrogen (secondary N) is 1. The molecule has 3 rings (SSSR count). The van der Waals surface area contributed by atoms with Crippen LogP contribution in [0.2, 0.25) is 0 Å². The minimum atomic E-state index is -4.71. The third-order valence-corrected chi connectivity index (χ3v) is 5.01. The zero-order valence-electron chi connectivity index (χ0n) is 14.8. The molecule has 26 heavy (non-hydrogen) atoms. The van der Waals surface area contributed by atoms with E-state index < -0.39 is 6.36 Å². The first-order valence-electron chi connectivity index (χ1n) is 8.94. The van der Waals surface area contributed by atoms with Gasteiger partial charge in [-0.05, 0) is 37.0 Å². The van der Waals surface area contributed by atoms with Gasteiger partial charge in [0.1, 0.15) is 11.5 Å². The fraction of sp³-hybridized carbons (Fsp3) is 0.667. The molecule has 2 fully saturated rings. The monoisotopic (exact) mass is 374 g/mol. The lowest BCUT2D eigenvalue weighted by Gasteiger charge is -2.41. The number of hydrogen-bond donors (Lipinski definition) is 1. The summed E-state index contributed by atoms with van der Waals surface area (Å²) < 4.78 is 53.2. The first-order valence-corrected chi connectivity index (χ1v) is 8.94. The first kappa shape index (κ1) is 19.3. The van der Waals surface area contributed by atoms with Gasteiger partial charge in [-0.2, -0.15) is 0 Å². The lowest BCUT2D eigenvalue weighted by atomic mass is 9.85. The summed E-state index contributed by atoms with van der Waals surface area (Å²) in [6, 6.07) is 4.32. The summed E-state index contributed by atoms with van der Waals surface area (Å²) in [6.07, 6.45) is -2.96. The van der Waals surface area contributed by atoms with E-state index in [1.165, 1.54) is 12.1 Å². The SMILES string of the molecule is COc1ccc(OC(F)(F)F)cc1[C@H](C1CCOCC1)N1CCNCC1. The molecule has 0 aromatic heterocycles. The van der Waals surface area contributed by atoms with Crippen LogP contribution >= 0.6 is 0 Å². The van der Waals surface area contributed by atoms with E-state index in [2.05, 4.69) is 15.0 Å². The number of rotatable bonds is 5. The van der Waals surface area contributed by atoms with Gasteiger partial charge in [-0.25, -0.2) is 0 Å². The van der Waals surface area contributed by atoms with Crippen LogP contribution in [0.3, 0.4) is 0 Å². The van der Waals surface area contributed by atoms with Gasteiger partial charge >= 0.3 is 6.36 Å². The number of alkyl halides is 3. The number of methoxy groups -OCH3 is 1. The third kappa shape index (κ3) is 4.81. The standard InChI is InChI=1S/C18H25F3N2O3/c1-24-16-3-2-14(26-18(19,20)21)12-15(16)17(13-4-10-25-11-5-13)23-8-6-22-7-9-23/h2-3,12-13,17,22H,4-11H2,1H3/t17-/m0/s1. The molecule has 2 saturated heterocycles. The van der Waals surface area contributed by atoms with Crippen LogP contribution in [0.4, 0.5) is 13.2 Å². The van der Waals surface area contributed by atoms with Crippen molar-refractivity contribution in [1.82, 2.24) is 10.2 Å². The molecule has 0 bridgehead atoms. The molecule has 0 aliphatic carbocycles. The molecule has 146 valence electrons. The molecule has 1 N–H and O–H groups in total. The van der Waals surface area contributed by atoms with Crippen molar-refractivity contribution in [1.29, 1.82) is 0 Å². The van der Waals surface area contributed by atoms with Crippen LogP contribution in [0, 0.1) is 5.92 Å². The van der Waals surface area contributed by atoms with Crippen LogP contribution in [-0.4, -0.2) is 57.8 Å². The zero-order valence-corrected chi connectivity index (χ0v) is 14.8. The van der Waals surface area contributed by atoms with E-state index in [0.29, 0.717) is 24.9 Å². The van der Waals surface area contributed by atoms with Crippen molar-refractivity contribution in [3.63, 3.8) is 0 Å². The number of ether oxygens (including phenoxy) is 3. The lowest BCUT2D eigenvalue weighted by molar-refractivity contribution is -0.274. The van der Waals surface area contributed by atoms with Crippen LogP contribution in [0.1, 0.15) is 24.4 Å². The van der Waals surface area contributed by atoms with Gasteiger partial charge in [0.05, 0.1) is 7.11 Å². The smallest absolute Gasteiger partial charge is 0.496 e. The maximum Gasteiger partial charge on any atom is 0.573 e. The van der Waals surface area contributed by atoms with Crippen molar-refractivity contribution in [2.24, 2.45) is 5.92 Å². The molecule has 5 nitrogen and oxygen atoms in total. The molecule has 1 aromatic carbocycles. The van der Waals surface area contributed by atoms with Crippen LogP contribution in [0.5, 0.6) is 11.5 Å². The van der Waals surface area contributed by atoms with Crippen LogP contribution in [0.15, 0.2) is 18.2 Å². The molecule has 2 heterocycles. The van der Waals surface area contributed by atoms with E-state index in [1.807, 2.05) is 0 Å². The van der Waals surface area contributed by atoms with Crippen molar-refractivity contribution in [3.05, 3.63) is 23.8 Å². The highest BCUT2D eigenvalue weighted by atomic mass is 19.4. The largest absolute Gasteiger partial charge is 0.573 e. The van der Waals surface area contributed by atoms with Gasteiger partial charge in [-0.15, -0.1) is 13.2 Å². The summed E-state index contributed by atoms with van der Waals surface area (Å²) in [7, 11) is 1.54. The molecule has 0 saturated carbocycles. The van der Waals surface area contributed by atoms with Crippen molar-refractivity contribution in [2.45, 2.75) is 25.2 Å². The fourth-order valence-corrected chi connectivity index (χ4v) is 3.88. The average Bonchev–Trinajstić information content (AvgIpc) is 2.63. The van der Waals surface area contributed by atoms with Crippen LogP contribution in [-0.2, 0) is 4.74 Å². The second kappa shape index (κ2) is 8.45. The van der Waals surface area contributed by atoms with Crippen molar-refractivity contribution >= 4 is 0 Å². The Morgan fingerprint density at radius 1 is 1.19 bits per heavy atom. The highest BCUT2D eigenvalue weighted by Gasteiger charge is 2.35. The number of piperazine rings is 1. The number of nitrogens with zero attached hydrogens (tertiary/aromatic N) is 1. The zero-order chi connectivity index (χ0) is 18.6. The van der Waals surface area contributed by atoms with E-state index >= 15 is 0 Å². The topological polar surface area (TPSA) is 43.0 Å². The van der Waals surface area contributed by atoms with Crippen molar-refractivity contribution in [2.75, 3.05) is 46.5 Å². The molecule has 2 aliphatic rings. The maximum absolute atomic E-state index is 12.7. The minimum Gasteiger partial charge on any atom is -0.496 e. The predicted molar refractivity (Wildman–Crippen MR) is 90.4 cm³/mol. The molecule has 1 aromatic rings. The Balaban J connectivity index is 1.96. The minimum absolute atomic E-state index is 0.0206. The van der Waals surface area contributed by atoms with Gasteiger partial charge in [-0.3, -0.25) is 4.90 Å². The fourth-order valence-electron chi connectivity index (χ4n) is 3.88. The van der Waals surface area contributed by atoms with E-state index in [4.69, 9.17) is 9.47 Å². The predicted octanol–water partition coefficient (Wildman–Crippen LogP) is 2.97. The Morgan fingerprint density at radius 3 is 2.50 bits per heavy atom. The quantitative estimate of drug-likeness (QED) is 0.858.